The van der Waals surface area contributed by atoms with Crippen molar-refractivity contribution in [2.24, 2.45) is 11.3 Å². The smallest absolute Gasteiger partial charge is 0.0329 e. The molecule has 0 bridgehead atoms. The Kier molecular flexibility index (Phi) is 3.37. The van der Waals surface area contributed by atoms with Gasteiger partial charge in [0.05, 0.1) is 0 Å². The van der Waals surface area contributed by atoms with Crippen LogP contribution in [0.15, 0.2) is 0 Å². The average molecular weight is 144 g/mol. The van der Waals surface area contributed by atoms with E-state index in [1.165, 1.54) is 25.7 Å². The maximum atomic E-state index is 2.40. The standard InChI is InChI=1S/C9H18.H2O/c1-8-6-4-5-7-9(8,2)3;/h8H,4-7H2,1-3H3;1H2. The monoisotopic (exact) mass is 144 g/mol. The van der Waals surface area contributed by atoms with Gasteiger partial charge in [-0.3, -0.25) is 0 Å². The van der Waals surface area contributed by atoms with Crippen LogP contribution in [0.3, 0.4) is 0 Å². The van der Waals surface area contributed by atoms with Gasteiger partial charge in [-0.05, 0) is 17.8 Å². The van der Waals surface area contributed by atoms with Crippen LogP contribution in [-0.4, -0.2) is 5.48 Å². The van der Waals surface area contributed by atoms with Crippen molar-refractivity contribution in [2.75, 3.05) is 0 Å². The van der Waals surface area contributed by atoms with Gasteiger partial charge in [0.25, 0.3) is 0 Å². The van der Waals surface area contributed by atoms with Crippen LogP contribution in [0.2, 0.25) is 0 Å². The number of hydrogen-bond donors (Lipinski definition) is 0. The third kappa shape index (κ3) is 1.98. The van der Waals surface area contributed by atoms with Crippen LogP contribution >= 0.6 is 0 Å². The number of rotatable bonds is 0. The largest absolute Gasteiger partial charge is 0.412 e. The minimum atomic E-state index is 0. The van der Waals surface area contributed by atoms with E-state index in [9.17, 15) is 0 Å². The Hall–Kier alpha value is -0.0400. The molecule has 0 aromatic heterocycles. The zero-order valence-corrected chi connectivity index (χ0v) is 7.41. The van der Waals surface area contributed by atoms with Crippen molar-refractivity contribution in [1.82, 2.24) is 0 Å². The van der Waals surface area contributed by atoms with Crippen LogP contribution < -0.4 is 0 Å². The molecule has 0 aromatic rings. The van der Waals surface area contributed by atoms with Crippen molar-refractivity contribution in [2.45, 2.75) is 46.5 Å². The third-order valence-electron chi connectivity index (χ3n) is 3.04. The van der Waals surface area contributed by atoms with Crippen molar-refractivity contribution in [3.8, 4) is 0 Å². The summed E-state index contributed by atoms with van der Waals surface area (Å²) in [6.45, 7) is 7.19. The predicted molar refractivity (Wildman–Crippen MR) is 45.0 cm³/mol. The van der Waals surface area contributed by atoms with Crippen molar-refractivity contribution < 1.29 is 5.48 Å². The van der Waals surface area contributed by atoms with Gasteiger partial charge in [-0.25, -0.2) is 0 Å². The van der Waals surface area contributed by atoms with E-state index in [1.807, 2.05) is 0 Å². The van der Waals surface area contributed by atoms with Gasteiger partial charge in [0.2, 0.25) is 0 Å². The molecule has 62 valence electrons. The summed E-state index contributed by atoms with van der Waals surface area (Å²) in [5.74, 6) is 0.950. The van der Waals surface area contributed by atoms with Crippen LogP contribution in [0.1, 0.15) is 46.5 Å². The molecule has 0 aliphatic heterocycles. The first kappa shape index (κ1) is 9.96. The zero-order chi connectivity index (χ0) is 6.91. The van der Waals surface area contributed by atoms with Crippen molar-refractivity contribution in [1.29, 1.82) is 0 Å². The van der Waals surface area contributed by atoms with Gasteiger partial charge in [0.15, 0.2) is 0 Å². The first-order valence-electron chi connectivity index (χ1n) is 4.13. The molecule has 0 saturated heterocycles. The fourth-order valence-electron chi connectivity index (χ4n) is 1.67. The normalized spacial score (nSPS) is 30.9. The lowest BCUT2D eigenvalue weighted by Crippen LogP contribution is -2.24. The van der Waals surface area contributed by atoms with Gasteiger partial charge in [0, 0.05) is 0 Å². The average Bonchev–Trinajstić information content (AvgIpc) is 1.77. The molecule has 2 N–H and O–H groups in total. The zero-order valence-electron chi connectivity index (χ0n) is 7.41. The van der Waals surface area contributed by atoms with E-state index >= 15 is 0 Å². The third-order valence-corrected chi connectivity index (χ3v) is 3.04. The summed E-state index contributed by atoms with van der Waals surface area (Å²) in [5, 5.41) is 0. The van der Waals surface area contributed by atoms with E-state index in [-0.39, 0.29) is 5.48 Å². The minimum Gasteiger partial charge on any atom is -0.412 e. The van der Waals surface area contributed by atoms with Crippen molar-refractivity contribution in [3.63, 3.8) is 0 Å². The molecule has 0 spiro atoms. The molecule has 1 atom stereocenters. The second kappa shape index (κ2) is 3.38. The summed E-state index contributed by atoms with van der Waals surface area (Å²) in [4.78, 5) is 0. The molecule has 0 radical (unpaired) electrons. The fourth-order valence-corrected chi connectivity index (χ4v) is 1.67. The van der Waals surface area contributed by atoms with E-state index in [1.54, 1.807) is 0 Å². The quantitative estimate of drug-likeness (QED) is 0.500. The molecular formula is C9H20O. The van der Waals surface area contributed by atoms with Crippen molar-refractivity contribution in [3.05, 3.63) is 0 Å². The lowest BCUT2D eigenvalue weighted by molar-refractivity contribution is 0.154. The molecule has 1 aliphatic rings. The maximum absolute atomic E-state index is 2.40. The summed E-state index contributed by atoms with van der Waals surface area (Å²) in [6.07, 6.45) is 5.81. The fraction of sp³-hybridized carbons (Fsp3) is 1.00. The molecule has 0 aromatic carbocycles. The van der Waals surface area contributed by atoms with Crippen LogP contribution in [0.25, 0.3) is 0 Å². The topological polar surface area (TPSA) is 31.5 Å². The highest BCUT2D eigenvalue weighted by molar-refractivity contribution is 4.79. The molecule has 1 unspecified atom stereocenters. The molecule has 1 fully saturated rings. The van der Waals surface area contributed by atoms with Gasteiger partial charge in [-0.2, -0.15) is 0 Å². The molecule has 1 rings (SSSR count). The van der Waals surface area contributed by atoms with E-state index < -0.39 is 0 Å². The molecule has 10 heavy (non-hydrogen) atoms. The first-order valence-corrected chi connectivity index (χ1v) is 4.13. The van der Waals surface area contributed by atoms with Gasteiger partial charge in [0.1, 0.15) is 0 Å². The van der Waals surface area contributed by atoms with E-state index in [0.29, 0.717) is 5.41 Å². The van der Waals surface area contributed by atoms with E-state index in [2.05, 4.69) is 20.8 Å². The highest BCUT2D eigenvalue weighted by atomic mass is 16.0. The summed E-state index contributed by atoms with van der Waals surface area (Å²) < 4.78 is 0. The Labute approximate surface area is 64.1 Å². The molecule has 0 amide bonds. The molecule has 0 heterocycles. The lowest BCUT2D eigenvalue weighted by Gasteiger charge is -2.36. The Morgan fingerprint density at radius 3 is 2.10 bits per heavy atom. The van der Waals surface area contributed by atoms with Crippen LogP contribution in [-0.2, 0) is 0 Å². The Bertz CT molecular complexity index is 96.9. The van der Waals surface area contributed by atoms with Crippen LogP contribution in [0.5, 0.6) is 0 Å². The van der Waals surface area contributed by atoms with Crippen molar-refractivity contribution >= 4 is 0 Å². The molecule has 1 saturated carbocycles. The summed E-state index contributed by atoms with van der Waals surface area (Å²) in [6, 6.07) is 0. The lowest BCUT2D eigenvalue weighted by atomic mass is 9.70. The Morgan fingerprint density at radius 2 is 1.80 bits per heavy atom. The second-order valence-corrected chi connectivity index (χ2v) is 4.14. The first-order chi connectivity index (χ1) is 4.13. The predicted octanol–water partition coefficient (Wildman–Crippen LogP) is 2.40. The van der Waals surface area contributed by atoms with Gasteiger partial charge < -0.3 is 5.48 Å². The second-order valence-electron chi connectivity index (χ2n) is 4.14. The van der Waals surface area contributed by atoms with Gasteiger partial charge >= 0.3 is 0 Å². The highest BCUT2D eigenvalue weighted by Crippen LogP contribution is 2.39. The van der Waals surface area contributed by atoms with E-state index in [0.717, 1.165) is 5.92 Å². The molecule has 1 aliphatic carbocycles. The minimum absolute atomic E-state index is 0. The molecule has 1 nitrogen and oxygen atoms in total. The molecule has 1 heteroatoms. The Balaban J connectivity index is 0.000000810. The molecular weight excluding hydrogens is 124 g/mol. The van der Waals surface area contributed by atoms with Gasteiger partial charge in [-0.1, -0.05) is 40.0 Å². The highest BCUT2D eigenvalue weighted by Gasteiger charge is 2.27. The summed E-state index contributed by atoms with van der Waals surface area (Å²) in [7, 11) is 0. The maximum Gasteiger partial charge on any atom is -0.0329 e. The number of hydrogen-bond acceptors (Lipinski definition) is 0. The van der Waals surface area contributed by atoms with E-state index in [4.69, 9.17) is 0 Å². The summed E-state index contributed by atoms with van der Waals surface area (Å²) in [5.41, 5.74) is 0.637. The van der Waals surface area contributed by atoms with Crippen LogP contribution in [0, 0.1) is 11.3 Å². The van der Waals surface area contributed by atoms with Gasteiger partial charge in [-0.15, -0.1) is 0 Å². The van der Waals surface area contributed by atoms with Crippen LogP contribution in [0.4, 0.5) is 0 Å². The summed E-state index contributed by atoms with van der Waals surface area (Å²) >= 11 is 0. The Morgan fingerprint density at radius 1 is 1.20 bits per heavy atom. The SMILES string of the molecule is CC1CCCCC1(C)C.O.